The number of benzene rings is 1. The molecule has 0 aliphatic carbocycles. The van der Waals surface area contributed by atoms with Crippen LogP contribution in [0.3, 0.4) is 0 Å². The van der Waals surface area contributed by atoms with Crippen LogP contribution in [0, 0.1) is 0 Å². The number of hydrogen-bond donors (Lipinski definition) is 0. The molecular weight excluding hydrogens is 378 g/mol. The molecule has 0 bridgehead atoms. The second-order valence-electron chi connectivity index (χ2n) is 5.94. The van der Waals surface area contributed by atoms with Crippen LogP contribution < -0.4 is 4.80 Å². The van der Waals surface area contributed by atoms with Crippen LogP contribution in [0.15, 0.2) is 28.1 Å². The van der Waals surface area contributed by atoms with E-state index in [1.165, 1.54) is 15.6 Å². The van der Waals surface area contributed by atoms with Crippen molar-refractivity contribution in [2.45, 2.75) is 37.2 Å². The third-order valence-corrected chi connectivity index (χ3v) is 7.38. The van der Waals surface area contributed by atoms with Crippen LogP contribution >= 0.6 is 23.1 Å². The molecule has 6 nitrogen and oxygen atoms in total. The number of carbonyl (C=O) groups is 1. The van der Waals surface area contributed by atoms with Gasteiger partial charge in [0.25, 0.3) is 5.91 Å². The first-order chi connectivity index (χ1) is 11.8. The third kappa shape index (κ3) is 3.69. The van der Waals surface area contributed by atoms with Gasteiger partial charge in [-0.1, -0.05) is 11.3 Å². The van der Waals surface area contributed by atoms with Gasteiger partial charge in [-0.15, -0.1) is 11.8 Å². The summed E-state index contributed by atoms with van der Waals surface area (Å²) in [5.74, 6) is -0.373. The monoisotopic (exact) mass is 399 g/mol. The van der Waals surface area contributed by atoms with E-state index in [4.69, 9.17) is 0 Å². The number of rotatable bonds is 4. The van der Waals surface area contributed by atoms with Crippen molar-refractivity contribution in [2.24, 2.45) is 4.99 Å². The summed E-state index contributed by atoms with van der Waals surface area (Å²) in [4.78, 5) is 18.7. The largest absolute Gasteiger partial charge is 0.317 e. The Labute approximate surface area is 155 Å². The number of hydrogen-bond acceptors (Lipinski definition) is 5. The molecule has 0 N–H and O–H groups in total. The molecule has 0 saturated carbocycles. The average molecular weight is 400 g/mol. The SMILES string of the molecule is CCn1c(=NC(=O)C2CCCN2S(C)(=O)=O)sc2cc(SC)ccc21. The molecule has 1 aliphatic heterocycles. The Morgan fingerprint density at radius 1 is 1.44 bits per heavy atom. The molecule has 1 amide bonds. The van der Waals surface area contributed by atoms with E-state index in [2.05, 4.69) is 17.1 Å². The predicted octanol–water partition coefficient (Wildman–Crippen LogP) is 2.30. The van der Waals surface area contributed by atoms with Crippen LogP contribution in [0.4, 0.5) is 0 Å². The number of fused-ring (bicyclic) bond motifs is 1. The first kappa shape index (κ1) is 18.6. The van der Waals surface area contributed by atoms with Gasteiger partial charge >= 0.3 is 0 Å². The highest BCUT2D eigenvalue weighted by atomic mass is 32.2. The molecule has 1 aromatic heterocycles. The number of sulfonamides is 1. The highest BCUT2D eigenvalue weighted by Crippen LogP contribution is 2.25. The van der Waals surface area contributed by atoms with Crippen molar-refractivity contribution >= 4 is 49.2 Å². The molecule has 25 heavy (non-hydrogen) atoms. The lowest BCUT2D eigenvalue weighted by molar-refractivity contribution is -0.121. The van der Waals surface area contributed by atoms with Crippen LogP contribution in [0.25, 0.3) is 10.2 Å². The highest BCUT2D eigenvalue weighted by molar-refractivity contribution is 7.98. The summed E-state index contributed by atoms with van der Waals surface area (Å²) in [7, 11) is -3.39. The Morgan fingerprint density at radius 2 is 2.20 bits per heavy atom. The number of amides is 1. The third-order valence-electron chi connectivity index (χ3n) is 4.33. The van der Waals surface area contributed by atoms with Gasteiger partial charge in [0, 0.05) is 18.0 Å². The molecule has 2 heterocycles. The standard InChI is InChI=1S/C16H21N3O3S3/c1-4-18-12-8-7-11(23-2)10-14(12)24-16(18)17-15(20)13-6-5-9-19(13)25(3,21)22/h7-8,10,13H,4-6,9H2,1-3H3. The number of aryl methyl sites for hydroxylation is 1. The van der Waals surface area contributed by atoms with Crippen molar-refractivity contribution < 1.29 is 13.2 Å². The molecule has 1 fully saturated rings. The zero-order valence-electron chi connectivity index (χ0n) is 14.4. The van der Waals surface area contributed by atoms with Crippen LogP contribution in [0.1, 0.15) is 19.8 Å². The number of aromatic nitrogens is 1. The molecule has 1 unspecified atom stereocenters. The molecule has 2 aromatic rings. The second-order valence-corrected chi connectivity index (χ2v) is 9.77. The van der Waals surface area contributed by atoms with Gasteiger partial charge in [0.15, 0.2) is 4.80 Å². The van der Waals surface area contributed by atoms with E-state index in [0.29, 0.717) is 30.7 Å². The summed E-state index contributed by atoms with van der Waals surface area (Å²) >= 11 is 3.14. The molecule has 3 rings (SSSR count). The first-order valence-corrected chi connectivity index (χ1v) is 12.0. The van der Waals surface area contributed by atoms with Gasteiger partial charge in [-0.2, -0.15) is 9.30 Å². The van der Waals surface area contributed by atoms with Crippen LogP contribution in [-0.4, -0.2) is 48.3 Å². The van der Waals surface area contributed by atoms with Crippen molar-refractivity contribution in [3.05, 3.63) is 23.0 Å². The van der Waals surface area contributed by atoms with Crippen LogP contribution in [-0.2, 0) is 21.4 Å². The lowest BCUT2D eigenvalue weighted by Gasteiger charge is -2.18. The summed E-state index contributed by atoms with van der Waals surface area (Å²) in [5, 5.41) is 0. The molecule has 1 aromatic carbocycles. The minimum absolute atomic E-state index is 0.373. The van der Waals surface area contributed by atoms with Crippen molar-refractivity contribution in [1.29, 1.82) is 0 Å². The topological polar surface area (TPSA) is 71.7 Å². The molecule has 9 heteroatoms. The normalized spacial score (nSPS) is 19.8. The van der Waals surface area contributed by atoms with E-state index in [9.17, 15) is 13.2 Å². The quantitative estimate of drug-likeness (QED) is 0.740. The summed E-state index contributed by atoms with van der Waals surface area (Å²) < 4.78 is 28.1. The minimum atomic E-state index is -3.39. The van der Waals surface area contributed by atoms with Crippen molar-refractivity contribution in [3.8, 4) is 0 Å². The van der Waals surface area contributed by atoms with Gasteiger partial charge in [-0.25, -0.2) is 8.42 Å². The maximum Gasteiger partial charge on any atom is 0.266 e. The predicted molar refractivity (Wildman–Crippen MR) is 102 cm³/mol. The Balaban J connectivity index is 2.04. The molecule has 136 valence electrons. The van der Waals surface area contributed by atoms with E-state index in [1.54, 1.807) is 11.8 Å². The second kappa shape index (κ2) is 7.22. The van der Waals surface area contributed by atoms with E-state index in [1.807, 2.05) is 23.8 Å². The lowest BCUT2D eigenvalue weighted by atomic mass is 10.2. The number of nitrogens with zero attached hydrogens (tertiary/aromatic N) is 3. The van der Waals surface area contributed by atoms with Crippen LogP contribution in [0.5, 0.6) is 0 Å². The fourth-order valence-electron chi connectivity index (χ4n) is 3.12. The van der Waals surface area contributed by atoms with Crippen molar-refractivity contribution in [2.75, 3.05) is 19.1 Å². The van der Waals surface area contributed by atoms with Gasteiger partial charge < -0.3 is 4.57 Å². The lowest BCUT2D eigenvalue weighted by Crippen LogP contribution is -2.39. The summed E-state index contributed by atoms with van der Waals surface area (Å²) in [6, 6.07) is 5.52. The summed E-state index contributed by atoms with van der Waals surface area (Å²) in [6.07, 6.45) is 4.39. The number of thioether (sulfide) groups is 1. The fourth-order valence-corrected chi connectivity index (χ4v) is 5.90. The maximum absolute atomic E-state index is 12.7. The van der Waals surface area contributed by atoms with Crippen molar-refractivity contribution in [1.82, 2.24) is 8.87 Å². The number of carbonyl (C=O) groups excluding carboxylic acids is 1. The smallest absolute Gasteiger partial charge is 0.266 e. The minimum Gasteiger partial charge on any atom is -0.317 e. The summed E-state index contributed by atoms with van der Waals surface area (Å²) in [5.41, 5.74) is 1.04. The number of thiazole rings is 1. The van der Waals surface area contributed by atoms with Crippen molar-refractivity contribution in [3.63, 3.8) is 0 Å². The Kier molecular flexibility index (Phi) is 5.38. The van der Waals surface area contributed by atoms with Gasteiger partial charge in [0.2, 0.25) is 10.0 Å². The molecular formula is C16H21N3O3S3. The van der Waals surface area contributed by atoms with Gasteiger partial charge in [-0.05, 0) is 44.2 Å². The maximum atomic E-state index is 12.7. The van der Waals surface area contributed by atoms with E-state index in [-0.39, 0.29) is 5.91 Å². The zero-order chi connectivity index (χ0) is 18.2. The van der Waals surface area contributed by atoms with Gasteiger partial charge in [0.1, 0.15) is 6.04 Å². The molecule has 0 radical (unpaired) electrons. The van der Waals surface area contributed by atoms with E-state index in [0.717, 1.165) is 21.4 Å². The highest BCUT2D eigenvalue weighted by Gasteiger charge is 2.36. The van der Waals surface area contributed by atoms with Crippen LogP contribution in [0.2, 0.25) is 0 Å². The van der Waals surface area contributed by atoms with Gasteiger partial charge in [0.05, 0.1) is 16.5 Å². The Morgan fingerprint density at radius 3 is 2.84 bits per heavy atom. The Bertz CT molecular complexity index is 975. The molecule has 1 aliphatic rings. The Hall–Kier alpha value is -1.16. The fraction of sp³-hybridized carbons (Fsp3) is 0.500. The molecule has 1 saturated heterocycles. The first-order valence-electron chi connectivity index (χ1n) is 8.08. The summed E-state index contributed by atoms with van der Waals surface area (Å²) in [6.45, 7) is 3.10. The van der Waals surface area contributed by atoms with E-state index < -0.39 is 16.1 Å². The molecule has 0 spiro atoms. The molecule has 1 atom stereocenters. The van der Waals surface area contributed by atoms with E-state index >= 15 is 0 Å². The average Bonchev–Trinajstić information content (AvgIpc) is 3.18. The van der Waals surface area contributed by atoms with Gasteiger partial charge in [-0.3, -0.25) is 4.79 Å². The zero-order valence-corrected chi connectivity index (χ0v) is 16.9.